The minimum atomic E-state index is -0.296. The Kier molecular flexibility index (Phi) is 7.33. The first-order valence-electron chi connectivity index (χ1n) is 19.3. The molecule has 0 spiro atoms. The summed E-state index contributed by atoms with van der Waals surface area (Å²) in [6, 6.07) is 72.3. The van der Waals surface area contributed by atoms with Crippen LogP contribution in [0.4, 0.5) is 0 Å². The maximum atomic E-state index is 5.32. The Morgan fingerprint density at radius 3 is 1.80 bits per heavy atom. The molecule has 0 saturated heterocycles. The third kappa shape index (κ3) is 4.96. The second-order valence-corrected chi connectivity index (χ2v) is 15.0. The van der Waals surface area contributed by atoms with E-state index in [1.165, 1.54) is 71.3 Å². The lowest BCUT2D eigenvalue weighted by Crippen LogP contribution is -2.22. The Bertz CT molecular complexity index is 3130. The van der Waals surface area contributed by atoms with Gasteiger partial charge in [0.2, 0.25) is 0 Å². The van der Waals surface area contributed by atoms with Crippen molar-refractivity contribution in [3.05, 3.63) is 217 Å². The molecule has 0 radical (unpaired) electrons. The quantitative estimate of drug-likeness (QED) is 0.131. The highest BCUT2D eigenvalue weighted by molar-refractivity contribution is 6.20. The summed E-state index contributed by atoms with van der Waals surface area (Å²) >= 11 is 0. The lowest BCUT2D eigenvalue weighted by atomic mass is 9.74. The van der Waals surface area contributed by atoms with Crippen molar-refractivity contribution in [3.63, 3.8) is 0 Å². The molecule has 1 unspecified atom stereocenters. The average molecular weight is 713 g/mol. The molecule has 2 heteroatoms. The summed E-state index contributed by atoms with van der Waals surface area (Å²) in [6.07, 6.45) is 0. The largest absolute Gasteiger partial charge is 0.228 e. The summed E-state index contributed by atoms with van der Waals surface area (Å²) < 4.78 is 0. The molecule has 0 bridgehead atoms. The molecule has 262 valence electrons. The molecule has 1 atom stereocenters. The van der Waals surface area contributed by atoms with Gasteiger partial charge in [-0.1, -0.05) is 188 Å². The second kappa shape index (κ2) is 12.7. The third-order valence-electron chi connectivity index (χ3n) is 12.0. The van der Waals surface area contributed by atoms with Crippen molar-refractivity contribution in [1.82, 2.24) is 9.97 Å². The van der Waals surface area contributed by atoms with Gasteiger partial charge in [-0.05, 0) is 90.3 Å². The van der Waals surface area contributed by atoms with Crippen molar-refractivity contribution in [3.8, 4) is 56.2 Å². The molecule has 1 aliphatic carbocycles. The molecule has 1 heterocycles. The lowest BCUT2D eigenvalue weighted by Gasteiger charge is -2.28. The smallest absolute Gasteiger partial charge is 0.160 e. The Morgan fingerprint density at radius 1 is 0.357 bits per heavy atom. The number of fused-ring (bicyclic) bond motifs is 7. The molecule has 0 saturated carbocycles. The van der Waals surface area contributed by atoms with E-state index in [1.807, 2.05) is 6.07 Å². The van der Waals surface area contributed by atoms with E-state index >= 15 is 0 Å². The van der Waals surface area contributed by atoms with Crippen LogP contribution in [0.15, 0.2) is 200 Å². The number of nitrogens with zero attached hydrogens (tertiary/aromatic N) is 2. The number of hydrogen-bond acceptors (Lipinski definition) is 2. The van der Waals surface area contributed by atoms with Crippen LogP contribution in [-0.2, 0) is 5.41 Å². The summed E-state index contributed by atoms with van der Waals surface area (Å²) in [7, 11) is 0. The van der Waals surface area contributed by atoms with Gasteiger partial charge in [0.25, 0.3) is 0 Å². The molecule has 0 amide bonds. The Morgan fingerprint density at radius 2 is 0.982 bits per heavy atom. The van der Waals surface area contributed by atoms with E-state index in [-0.39, 0.29) is 5.41 Å². The van der Waals surface area contributed by atoms with Crippen LogP contribution < -0.4 is 0 Å². The van der Waals surface area contributed by atoms with Gasteiger partial charge in [-0.3, -0.25) is 0 Å². The van der Waals surface area contributed by atoms with Crippen molar-refractivity contribution in [2.45, 2.75) is 12.3 Å². The number of benzene rings is 9. The predicted molar refractivity (Wildman–Crippen MR) is 234 cm³/mol. The highest BCUT2D eigenvalue weighted by atomic mass is 14.9. The molecule has 0 fully saturated rings. The molecule has 10 aromatic rings. The zero-order valence-corrected chi connectivity index (χ0v) is 30.9. The van der Waals surface area contributed by atoms with Gasteiger partial charge in [-0.25, -0.2) is 9.97 Å². The van der Waals surface area contributed by atoms with Crippen molar-refractivity contribution in [2.75, 3.05) is 0 Å². The van der Waals surface area contributed by atoms with Crippen LogP contribution in [0.2, 0.25) is 0 Å². The third-order valence-corrected chi connectivity index (χ3v) is 12.0. The SMILES string of the molecule is CC1(c2ccccc2)c2ccccc2-c2c(-c3cc(-c4ccc(-c5c6ccccc6cc6c5ccc5ccccc56)cc4)nc(-c4ccccc4)n3)cccc21. The minimum absolute atomic E-state index is 0.296. The van der Waals surface area contributed by atoms with E-state index in [0.717, 1.165) is 28.1 Å². The standard InChI is InChI=1S/C54H36N2/c1-54(40-19-6-3-7-20-40)47-25-13-12-23-44(47)52-45(24-14-26-48(52)54)50-34-49(55-53(56-50)38-16-4-2-5-17-38)36-27-29-37(30-28-36)51-42-22-11-9-18-39(42)33-46-41-21-10-8-15-35(41)31-32-43(46)51/h2-34H,1H3. The first-order chi connectivity index (χ1) is 27.6. The van der Waals surface area contributed by atoms with Crippen LogP contribution in [-0.4, -0.2) is 9.97 Å². The van der Waals surface area contributed by atoms with Crippen molar-refractivity contribution in [1.29, 1.82) is 0 Å². The van der Waals surface area contributed by atoms with Crippen LogP contribution >= 0.6 is 0 Å². The summed E-state index contributed by atoms with van der Waals surface area (Å²) in [4.78, 5) is 10.6. The van der Waals surface area contributed by atoms with Crippen LogP contribution in [0.1, 0.15) is 23.6 Å². The zero-order valence-electron chi connectivity index (χ0n) is 30.9. The first-order valence-corrected chi connectivity index (χ1v) is 19.3. The number of rotatable bonds is 5. The molecule has 0 N–H and O–H groups in total. The minimum Gasteiger partial charge on any atom is -0.228 e. The van der Waals surface area contributed by atoms with Crippen LogP contribution in [0.5, 0.6) is 0 Å². The molecule has 1 aromatic heterocycles. The zero-order chi connectivity index (χ0) is 37.2. The molecule has 0 aliphatic heterocycles. The summed E-state index contributed by atoms with van der Waals surface area (Å²) in [5, 5.41) is 7.54. The summed E-state index contributed by atoms with van der Waals surface area (Å²) in [5.41, 5.74) is 13.5. The molecular formula is C54H36N2. The van der Waals surface area contributed by atoms with Gasteiger partial charge in [0.15, 0.2) is 5.82 Å². The fourth-order valence-corrected chi connectivity index (χ4v) is 9.23. The fraction of sp³-hybridized carbons (Fsp3) is 0.0370. The van der Waals surface area contributed by atoms with Crippen molar-refractivity contribution < 1.29 is 0 Å². The highest BCUT2D eigenvalue weighted by Gasteiger charge is 2.41. The van der Waals surface area contributed by atoms with Crippen LogP contribution in [0.3, 0.4) is 0 Å². The van der Waals surface area contributed by atoms with Gasteiger partial charge in [0.1, 0.15) is 0 Å². The molecule has 56 heavy (non-hydrogen) atoms. The van der Waals surface area contributed by atoms with Gasteiger partial charge in [0.05, 0.1) is 11.4 Å². The molecule has 9 aromatic carbocycles. The van der Waals surface area contributed by atoms with Gasteiger partial charge in [0, 0.05) is 22.1 Å². The van der Waals surface area contributed by atoms with Gasteiger partial charge >= 0.3 is 0 Å². The van der Waals surface area contributed by atoms with Gasteiger partial charge < -0.3 is 0 Å². The van der Waals surface area contributed by atoms with Gasteiger partial charge in [-0.15, -0.1) is 0 Å². The Hall–Kier alpha value is -7.16. The fourth-order valence-electron chi connectivity index (χ4n) is 9.23. The van der Waals surface area contributed by atoms with Crippen molar-refractivity contribution in [2.24, 2.45) is 0 Å². The van der Waals surface area contributed by atoms with E-state index in [2.05, 4.69) is 201 Å². The number of hydrogen-bond donors (Lipinski definition) is 0. The first kappa shape index (κ1) is 32.3. The van der Waals surface area contributed by atoms with Gasteiger partial charge in [-0.2, -0.15) is 0 Å². The predicted octanol–water partition coefficient (Wildman–Crippen LogP) is 13.9. The molecule has 2 nitrogen and oxygen atoms in total. The monoisotopic (exact) mass is 712 g/mol. The summed E-state index contributed by atoms with van der Waals surface area (Å²) in [5.74, 6) is 0.712. The molecule has 1 aliphatic rings. The van der Waals surface area contributed by atoms with E-state index in [1.54, 1.807) is 0 Å². The average Bonchev–Trinajstić information content (AvgIpc) is 3.54. The lowest BCUT2D eigenvalue weighted by molar-refractivity contribution is 0.714. The molecule has 11 rings (SSSR count). The Labute approximate surface area is 326 Å². The number of aromatic nitrogens is 2. The maximum Gasteiger partial charge on any atom is 0.160 e. The topological polar surface area (TPSA) is 25.8 Å². The second-order valence-electron chi connectivity index (χ2n) is 15.0. The van der Waals surface area contributed by atoms with Crippen LogP contribution in [0, 0.1) is 0 Å². The maximum absolute atomic E-state index is 5.32. The Balaban J connectivity index is 1.09. The van der Waals surface area contributed by atoms with E-state index < -0.39 is 0 Å². The van der Waals surface area contributed by atoms with E-state index in [9.17, 15) is 0 Å². The highest BCUT2D eigenvalue weighted by Crippen LogP contribution is 2.55. The van der Waals surface area contributed by atoms with Crippen molar-refractivity contribution >= 4 is 32.3 Å². The van der Waals surface area contributed by atoms with Crippen LogP contribution in [0.25, 0.3) is 88.5 Å². The van der Waals surface area contributed by atoms with E-state index in [0.29, 0.717) is 5.82 Å². The van der Waals surface area contributed by atoms with E-state index in [4.69, 9.17) is 9.97 Å². The summed E-state index contributed by atoms with van der Waals surface area (Å²) in [6.45, 7) is 2.36. The normalized spacial score (nSPS) is 14.6. The molecular weight excluding hydrogens is 677 g/mol.